The van der Waals surface area contributed by atoms with Crippen LogP contribution in [-0.4, -0.2) is 64.4 Å². The third kappa shape index (κ3) is 8.06. The van der Waals surface area contributed by atoms with E-state index in [0.29, 0.717) is 12.8 Å². The van der Waals surface area contributed by atoms with Crippen LogP contribution in [0.1, 0.15) is 39.5 Å². The van der Waals surface area contributed by atoms with Gasteiger partial charge in [0.05, 0.1) is 19.5 Å². The van der Waals surface area contributed by atoms with E-state index < -0.39 is 24.0 Å². The molecule has 0 saturated carbocycles. The van der Waals surface area contributed by atoms with Crippen molar-refractivity contribution in [2.45, 2.75) is 52.4 Å². The molecule has 13 heteroatoms. The quantitative estimate of drug-likeness (QED) is 0.334. The van der Waals surface area contributed by atoms with Crippen LogP contribution in [0.5, 0.6) is 0 Å². The minimum absolute atomic E-state index is 0.0721. The molecule has 2 aromatic heterocycles. The van der Waals surface area contributed by atoms with Crippen molar-refractivity contribution in [1.29, 1.82) is 0 Å². The summed E-state index contributed by atoms with van der Waals surface area (Å²) < 4.78 is 27.1. The highest BCUT2D eigenvalue weighted by Gasteiger charge is 2.18. The normalized spacial score (nSPS) is 11.0. The van der Waals surface area contributed by atoms with E-state index in [1.165, 1.54) is 10.9 Å². The number of anilines is 1. The zero-order valence-electron chi connectivity index (χ0n) is 18.2. The van der Waals surface area contributed by atoms with Crippen LogP contribution in [0.15, 0.2) is 11.1 Å². The number of nitrogen functional groups attached to an aromatic ring is 1. The molecule has 0 spiro atoms. The number of rotatable bonds is 13. The van der Waals surface area contributed by atoms with E-state index in [1.807, 2.05) is 13.8 Å². The maximum Gasteiger partial charge on any atom is 0.508 e. The number of hydrogen-bond donors (Lipinski definition) is 2. The lowest BCUT2D eigenvalue weighted by Crippen LogP contribution is -2.30. The van der Waals surface area contributed by atoms with Crippen LogP contribution in [0.4, 0.5) is 15.5 Å². The molecule has 2 heterocycles. The molecule has 0 aliphatic carbocycles. The van der Waals surface area contributed by atoms with Gasteiger partial charge in [-0.05, 0) is 12.8 Å². The molecule has 0 radical (unpaired) electrons. The van der Waals surface area contributed by atoms with Crippen LogP contribution >= 0.6 is 0 Å². The summed E-state index contributed by atoms with van der Waals surface area (Å²) in [5, 5.41) is 0. The second-order valence-electron chi connectivity index (χ2n) is 6.78. The summed E-state index contributed by atoms with van der Waals surface area (Å²) in [7, 11) is 0. The Kier molecular flexibility index (Phi) is 10.2. The van der Waals surface area contributed by atoms with E-state index in [-0.39, 0.29) is 50.3 Å². The molecule has 0 aromatic carbocycles. The molecule has 0 atom stereocenters. The molecule has 3 N–H and O–H groups in total. The second kappa shape index (κ2) is 13.1. The Morgan fingerprint density at radius 2 is 1.66 bits per heavy atom. The summed E-state index contributed by atoms with van der Waals surface area (Å²) in [6.07, 6.45) is 1.96. The van der Waals surface area contributed by atoms with Crippen LogP contribution < -0.4 is 11.3 Å². The van der Waals surface area contributed by atoms with E-state index in [9.17, 15) is 14.4 Å². The van der Waals surface area contributed by atoms with Gasteiger partial charge in [0.2, 0.25) is 5.95 Å². The number of ether oxygens (including phenoxy) is 5. The molecule has 32 heavy (non-hydrogen) atoms. The molecule has 0 bridgehead atoms. The number of H-pyrrole nitrogens is 1. The number of nitrogens with zero attached hydrogens (tertiary/aromatic N) is 3. The molecular formula is C19H29N5O8. The van der Waals surface area contributed by atoms with Gasteiger partial charge in [-0.3, -0.25) is 14.3 Å². The smallest absolute Gasteiger partial charge is 0.434 e. The highest BCUT2D eigenvalue weighted by atomic mass is 16.7. The summed E-state index contributed by atoms with van der Waals surface area (Å²) in [6.45, 7) is 3.80. The molecule has 2 rings (SSSR count). The molecule has 0 fully saturated rings. The Hall–Kier alpha value is -3.35. The van der Waals surface area contributed by atoms with Gasteiger partial charge in [-0.1, -0.05) is 26.7 Å². The lowest BCUT2D eigenvalue weighted by atomic mass is 10.4. The number of aromatic nitrogens is 4. The number of nitrogens with one attached hydrogen (secondary N) is 1. The Morgan fingerprint density at radius 3 is 2.22 bits per heavy atom. The SMILES string of the molecule is CCCCOC(=O)OCC(COC(=O)OCCCC)OCn1cnc2c(=O)[nH]c(N)nc21. The summed E-state index contributed by atoms with van der Waals surface area (Å²) >= 11 is 0. The first-order chi connectivity index (χ1) is 15.4. The second-order valence-corrected chi connectivity index (χ2v) is 6.78. The molecule has 0 saturated heterocycles. The molecule has 0 unspecified atom stereocenters. The standard InChI is InChI=1S/C19H29N5O8/c1-3-5-7-28-18(26)30-9-13(10-31-19(27)29-8-6-4-2)32-12-24-11-21-14-15(24)22-17(20)23-16(14)25/h11,13H,3-10,12H2,1-2H3,(H3,20,22,23,25). The van der Waals surface area contributed by atoms with Gasteiger partial charge in [0.15, 0.2) is 11.2 Å². The average Bonchev–Trinajstić information content (AvgIpc) is 3.16. The average molecular weight is 455 g/mol. The number of carbonyl (C=O) groups excluding carboxylic acids is 2. The lowest BCUT2D eigenvalue weighted by Gasteiger charge is -2.18. The van der Waals surface area contributed by atoms with Gasteiger partial charge in [0.1, 0.15) is 26.0 Å². The van der Waals surface area contributed by atoms with Crippen LogP contribution in [-0.2, 0) is 30.4 Å². The molecular weight excluding hydrogens is 426 g/mol. The van der Waals surface area contributed by atoms with Gasteiger partial charge < -0.3 is 29.4 Å². The molecule has 0 amide bonds. The van der Waals surface area contributed by atoms with E-state index >= 15 is 0 Å². The predicted molar refractivity (Wildman–Crippen MR) is 112 cm³/mol. The first kappa shape index (κ1) is 24.9. The van der Waals surface area contributed by atoms with E-state index in [2.05, 4.69) is 15.0 Å². The summed E-state index contributed by atoms with van der Waals surface area (Å²) in [6, 6.07) is 0. The number of fused-ring (bicyclic) bond motifs is 1. The van der Waals surface area contributed by atoms with Gasteiger partial charge in [0.25, 0.3) is 5.56 Å². The minimum Gasteiger partial charge on any atom is -0.434 e. The van der Waals surface area contributed by atoms with Crippen LogP contribution in [0.25, 0.3) is 11.2 Å². The van der Waals surface area contributed by atoms with Crippen LogP contribution in [0, 0.1) is 0 Å². The maximum atomic E-state index is 11.9. The van der Waals surface area contributed by atoms with Gasteiger partial charge in [-0.2, -0.15) is 4.98 Å². The van der Waals surface area contributed by atoms with Crippen molar-refractivity contribution in [2.24, 2.45) is 0 Å². The molecule has 0 aliphatic rings. The van der Waals surface area contributed by atoms with Gasteiger partial charge in [0, 0.05) is 0 Å². The molecule has 13 nitrogen and oxygen atoms in total. The monoisotopic (exact) mass is 455 g/mol. The van der Waals surface area contributed by atoms with Crippen molar-refractivity contribution < 1.29 is 33.3 Å². The maximum absolute atomic E-state index is 11.9. The summed E-state index contributed by atoms with van der Waals surface area (Å²) in [4.78, 5) is 45.7. The summed E-state index contributed by atoms with van der Waals surface area (Å²) in [5.41, 5.74) is 5.39. The lowest BCUT2D eigenvalue weighted by molar-refractivity contribution is -0.0712. The van der Waals surface area contributed by atoms with Gasteiger partial charge in [-0.15, -0.1) is 0 Å². The predicted octanol–water partition coefficient (Wildman–Crippen LogP) is 1.95. The zero-order chi connectivity index (χ0) is 23.3. The third-order valence-electron chi connectivity index (χ3n) is 4.15. The Balaban J connectivity index is 1.96. The van der Waals surface area contributed by atoms with Crippen molar-refractivity contribution >= 4 is 29.4 Å². The largest absolute Gasteiger partial charge is 0.508 e. The number of hydrogen-bond acceptors (Lipinski definition) is 11. The Bertz CT molecular complexity index is 902. The van der Waals surface area contributed by atoms with Crippen molar-refractivity contribution in [3.05, 3.63) is 16.7 Å². The Labute approximate surface area is 184 Å². The number of aromatic amines is 1. The van der Waals surface area contributed by atoms with E-state index in [0.717, 1.165) is 12.8 Å². The fourth-order valence-electron chi connectivity index (χ4n) is 2.40. The van der Waals surface area contributed by atoms with Crippen molar-refractivity contribution in [3.8, 4) is 0 Å². The van der Waals surface area contributed by atoms with Crippen LogP contribution in [0.2, 0.25) is 0 Å². The fourth-order valence-corrected chi connectivity index (χ4v) is 2.40. The van der Waals surface area contributed by atoms with Crippen molar-refractivity contribution in [2.75, 3.05) is 32.2 Å². The van der Waals surface area contributed by atoms with Gasteiger partial charge in [-0.25, -0.2) is 14.6 Å². The van der Waals surface area contributed by atoms with E-state index in [4.69, 9.17) is 29.4 Å². The summed E-state index contributed by atoms with van der Waals surface area (Å²) in [5.74, 6) is -0.0721. The van der Waals surface area contributed by atoms with Crippen molar-refractivity contribution in [1.82, 2.24) is 19.5 Å². The number of carbonyl (C=O) groups is 2. The highest BCUT2D eigenvalue weighted by molar-refractivity contribution is 5.70. The molecule has 0 aliphatic heterocycles. The first-order valence-corrected chi connectivity index (χ1v) is 10.4. The highest BCUT2D eigenvalue weighted by Crippen LogP contribution is 2.08. The number of nitrogens with two attached hydrogens (primary N) is 1. The first-order valence-electron chi connectivity index (χ1n) is 10.4. The fraction of sp³-hybridized carbons (Fsp3) is 0.632. The van der Waals surface area contributed by atoms with Gasteiger partial charge >= 0.3 is 12.3 Å². The Morgan fingerprint density at radius 1 is 1.06 bits per heavy atom. The zero-order valence-corrected chi connectivity index (χ0v) is 18.2. The topological polar surface area (TPSA) is 170 Å². The molecule has 2 aromatic rings. The van der Waals surface area contributed by atoms with Crippen molar-refractivity contribution in [3.63, 3.8) is 0 Å². The minimum atomic E-state index is -0.855. The van der Waals surface area contributed by atoms with Crippen LogP contribution in [0.3, 0.4) is 0 Å². The molecule has 178 valence electrons. The number of imidazole rings is 1. The van der Waals surface area contributed by atoms with E-state index in [1.54, 1.807) is 0 Å². The number of unbranched alkanes of at least 4 members (excludes halogenated alkanes) is 2. The third-order valence-corrected chi connectivity index (χ3v) is 4.15.